The molecule has 0 saturated heterocycles. The highest BCUT2D eigenvalue weighted by Gasteiger charge is 2.04. The van der Waals surface area contributed by atoms with Gasteiger partial charge in [0.15, 0.2) is 0 Å². The standard InChI is InChI=1S/C16H15FO2/c1-18-14-9-7-12(8-10-14)15(17)11-13-5-3-4-6-16(13)19-2/h3-11H,1-2H3/b15-11+. The molecule has 0 aromatic heterocycles. The molecular weight excluding hydrogens is 243 g/mol. The van der Waals surface area contributed by atoms with Crippen molar-refractivity contribution in [2.45, 2.75) is 0 Å². The number of hydrogen-bond acceptors (Lipinski definition) is 2. The van der Waals surface area contributed by atoms with E-state index in [-0.39, 0.29) is 5.83 Å². The Bertz CT molecular complexity index is 574. The van der Waals surface area contributed by atoms with Crippen LogP contribution in [0.1, 0.15) is 11.1 Å². The molecule has 3 heteroatoms. The van der Waals surface area contributed by atoms with Gasteiger partial charge >= 0.3 is 0 Å². The molecule has 0 fully saturated rings. The molecule has 98 valence electrons. The van der Waals surface area contributed by atoms with Crippen LogP contribution in [-0.2, 0) is 0 Å². The fourth-order valence-electron chi connectivity index (χ4n) is 1.76. The summed E-state index contributed by atoms with van der Waals surface area (Å²) in [6.45, 7) is 0. The number of benzene rings is 2. The van der Waals surface area contributed by atoms with Crippen molar-refractivity contribution in [3.63, 3.8) is 0 Å². The van der Waals surface area contributed by atoms with Crippen LogP contribution in [0.25, 0.3) is 11.9 Å². The Morgan fingerprint density at radius 3 is 2.26 bits per heavy atom. The van der Waals surface area contributed by atoms with E-state index >= 15 is 0 Å². The Morgan fingerprint density at radius 2 is 1.63 bits per heavy atom. The smallest absolute Gasteiger partial charge is 0.131 e. The third-order valence-corrected chi connectivity index (χ3v) is 2.79. The Balaban J connectivity index is 2.31. The van der Waals surface area contributed by atoms with E-state index in [1.807, 2.05) is 18.2 Å². The van der Waals surface area contributed by atoms with Crippen LogP contribution in [0.4, 0.5) is 4.39 Å². The van der Waals surface area contributed by atoms with Crippen molar-refractivity contribution in [2.24, 2.45) is 0 Å². The third kappa shape index (κ3) is 3.13. The largest absolute Gasteiger partial charge is 0.497 e. The lowest BCUT2D eigenvalue weighted by Gasteiger charge is -2.05. The minimum absolute atomic E-state index is 0.313. The fraction of sp³-hybridized carbons (Fsp3) is 0.125. The number of ether oxygens (including phenoxy) is 2. The van der Waals surface area contributed by atoms with E-state index in [0.29, 0.717) is 22.6 Å². The summed E-state index contributed by atoms with van der Waals surface area (Å²) >= 11 is 0. The lowest BCUT2D eigenvalue weighted by molar-refractivity contribution is 0.414. The van der Waals surface area contributed by atoms with E-state index < -0.39 is 0 Å². The maximum Gasteiger partial charge on any atom is 0.131 e. The molecule has 0 N–H and O–H groups in total. The van der Waals surface area contributed by atoms with Gasteiger partial charge in [0.2, 0.25) is 0 Å². The van der Waals surface area contributed by atoms with Crippen molar-refractivity contribution in [1.82, 2.24) is 0 Å². The third-order valence-electron chi connectivity index (χ3n) is 2.79. The fourth-order valence-corrected chi connectivity index (χ4v) is 1.76. The number of hydrogen-bond donors (Lipinski definition) is 0. The van der Waals surface area contributed by atoms with Crippen molar-refractivity contribution >= 4 is 11.9 Å². The van der Waals surface area contributed by atoms with Gasteiger partial charge in [0.25, 0.3) is 0 Å². The molecule has 2 nitrogen and oxygen atoms in total. The molecule has 0 aliphatic carbocycles. The van der Waals surface area contributed by atoms with Crippen molar-refractivity contribution in [3.8, 4) is 11.5 Å². The number of halogens is 1. The molecule has 19 heavy (non-hydrogen) atoms. The van der Waals surface area contributed by atoms with Gasteiger partial charge in [0.1, 0.15) is 17.3 Å². The second-order valence-corrected chi connectivity index (χ2v) is 3.96. The normalized spacial score (nSPS) is 11.2. The monoisotopic (exact) mass is 258 g/mol. The molecular formula is C16H15FO2. The zero-order chi connectivity index (χ0) is 13.7. The summed E-state index contributed by atoms with van der Waals surface area (Å²) in [4.78, 5) is 0. The highest BCUT2D eigenvalue weighted by molar-refractivity contribution is 5.78. The lowest BCUT2D eigenvalue weighted by atomic mass is 10.1. The summed E-state index contributed by atoms with van der Waals surface area (Å²) in [5, 5.41) is 0. The molecule has 0 heterocycles. The summed E-state index contributed by atoms with van der Waals surface area (Å²) in [5.74, 6) is 1.03. The minimum Gasteiger partial charge on any atom is -0.497 e. The predicted molar refractivity (Wildman–Crippen MR) is 75.0 cm³/mol. The second kappa shape index (κ2) is 6.05. The van der Waals surface area contributed by atoms with Crippen LogP contribution in [0.15, 0.2) is 48.5 Å². The zero-order valence-corrected chi connectivity index (χ0v) is 10.9. The van der Waals surface area contributed by atoms with Crippen molar-refractivity contribution in [2.75, 3.05) is 14.2 Å². The Morgan fingerprint density at radius 1 is 0.947 bits per heavy atom. The first-order valence-electron chi connectivity index (χ1n) is 5.89. The molecule has 0 bridgehead atoms. The molecule has 0 atom stereocenters. The van der Waals surface area contributed by atoms with Gasteiger partial charge < -0.3 is 9.47 Å². The maximum absolute atomic E-state index is 14.1. The van der Waals surface area contributed by atoms with Crippen molar-refractivity contribution in [3.05, 3.63) is 59.7 Å². The molecule has 2 aromatic carbocycles. The van der Waals surface area contributed by atoms with Gasteiger partial charge in [-0.05, 0) is 36.4 Å². The van der Waals surface area contributed by atoms with Gasteiger partial charge in [-0.2, -0.15) is 0 Å². The van der Waals surface area contributed by atoms with Crippen LogP contribution in [-0.4, -0.2) is 14.2 Å². The first kappa shape index (κ1) is 13.1. The van der Waals surface area contributed by atoms with Crippen LogP contribution < -0.4 is 9.47 Å². The van der Waals surface area contributed by atoms with Crippen molar-refractivity contribution < 1.29 is 13.9 Å². The SMILES string of the molecule is COc1ccc(/C(F)=C\c2ccccc2OC)cc1. The summed E-state index contributed by atoms with van der Waals surface area (Å²) < 4.78 is 24.4. The molecule has 0 radical (unpaired) electrons. The molecule has 0 spiro atoms. The Kier molecular flexibility index (Phi) is 4.18. The summed E-state index contributed by atoms with van der Waals surface area (Å²) in [7, 11) is 3.15. The van der Waals surface area contributed by atoms with E-state index in [9.17, 15) is 4.39 Å². The van der Waals surface area contributed by atoms with Crippen molar-refractivity contribution in [1.29, 1.82) is 0 Å². The maximum atomic E-state index is 14.1. The van der Waals surface area contributed by atoms with Crippen LogP contribution in [0.3, 0.4) is 0 Å². The van der Waals surface area contributed by atoms with Gasteiger partial charge in [0.05, 0.1) is 14.2 Å². The van der Waals surface area contributed by atoms with Gasteiger partial charge in [-0.1, -0.05) is 18.2 Å². The highest BCUT2D eigenvalue weighted by Crippen LogP contribution is 2.26. The van der Waals surface area contributed by atoms with Crippen LogP contribution in [0.2, 0.25) is 0 Å². The molecule has 2 rings (SSSR count). The quantitative estimate of drug-likeness (QED) is 0.766. The van der Waals surface area contributed by atoms with Gasteiger partial charge in [0, 0.05) is 11.1 Å². The number of para-hydroxylation sites is 1. The molecule has 2 aromatic rings. The van der Waals surface area contributed by atoms with E-state index in [1.54, 1.807) is 44.6 Å². The molecule has 0 aliphatic heterocycles. The Hall–Kier alpha value is -2.29. The molecule has 0 unspecified atom stereocenters. The molecule has 0 saturated carbocycles. The molecule has 0 aliphatic rings. The summed E-state index contributed by atoms with van der Waals surface area (Å²) in [6, 6.07) is 14.1. The average molecular weight is 258 g/mol. The van der Waals surface area contributed by atoms with E-state index in [1.165, 1.54) is 6.08 Å². The topological polar surface area (TPSA) is 18.5 Å². The van der Waals surface area contributed by atoms with Gasteiger partial charge in [-0.25, -0.2) is 4.39 Å². The minimum atomic E-state index is -0.313. The summed E-state index contributed by atoms with van der Waals surface area (Å²) in [5.41, 5.74) is 1.21. The van der Waals surface area contributed by atoms with E-state index in [4.69, 9.17) is 9.47 Å². The number of rotatable bonds is 4. The van der Waals surface area contributed by atoms with Crippen LogP contribution >= 0.6 is 0 Å². The van der Waals surface area contributed by atoms with Crippen LogP contribution in [0, 0.1) is 0 Å². The lowest BCUT2D eigenvalue weighted by Crippen LogP contribution is -1.87. The van der Waals surface area contributed by atoms with Gasteiger partial charge in [-0.15, -0.1) is 0 Å². The summed E-state index contributed by atoms with van der Waals surface area (Å²) in [6.07, 6.45) is 1.46. The first-order chi connectivity index (χ1) is 9.24. The molecule has 0 amide bonds. The van der Waals surface area contributed by atoms with Gasteiger partial charge in [-0.3, -0.25) is 0 Å². The van der Waals surface area contributed by atoms with E-state index in [0.717, 1.165) is 0 Å². The van der Waals surface area contributed by atoms with E-state index in [2.05, 4.69) is 0 Å². The predicted octanol–water partition coefficient (Wildman–Crippen LogP) is 4.17. The second-order valence-electron chi connectivity index (χ2n) is 3.96. The average Bonchev–Trinajstić information content (AvgIpc) is 2.48. The number of methoxy groups -OCH3 is 2. The highest BCUT2D eigenvalue weighted by atomic mass is 19.1. The first-order valence-corrected chi connectivity index (χ1v) is 5.89. The Labute approximate surface area is 112 Å². The zero-order valence-electron chi connectivity index (χ0n) is 10.9. The van der Waals surface area contributed by atoms with Crippen LogP contribution in [0.5, 0.6) is 11.5 Å².